The van der Waals surface area contributed by atoms with Crippen molar-refractivity contribution >= 4 is 5.96 Å². The maximum absolute atomic E-state index is 4.48. The van der Waals surface area contributed by atoms with Gasteiger partial charge in [0.1, 0.15) is 0 Å². The number of nitrogens with one attached hydrogen (secondary N) is 1. The van der Waals surface area contributed by atoms with Gasteiger partial charge in [0.2, 0.25) is 0 Å². The number of likely N-dealkylation sites (tertiary alicyclic amines) is 1. The standard InChI is InChI=1S/C17H25N3/c1-13-11-15(13)19-16(18-3)20-10-9-17(2,12-20)14-7-5-4-6-8-14/h4-8,13,15H,9-12H2,1-3H3,(H,18,19). The molecule has 1 N–H and O–H groups in total. The van der Waals surface area contributed by atoms with Gasteiger partial charge in [-0.05, 0) is 24.3 Å². The fourth-order valence-electron chi connectivity index (χ4n) is 3.20. The zero-order chi connectivity index (χ0) is 14.2. The molecule has 3 heteroatoms. The van der Waals surface area contributed by atoms with Crippen molar-refractivity contribution in [1.82, 2.24) is 10.2 Å². The van der Waals surface area contributed by atoms with E-state index in [2.05, 4.69) is 59.4 Å². The fraction of sp³-hybridized carbons (Fsp3) is 0.588. The molecule has 1 aliphatic carbocycles. The van der Waals surface area contributed by atoms with E-state index in [4.69, 9.17) is 0 Å². The molecular formula is C17H25N3. The Bertz CT molecular complexity index is 496. The molecule has 2 fully saturated rings. The Balaban J connectivity index is 1.69. The molecule has 108 valence electrons. The Hall–Kier alpha value is -1.51. The molecule has 3 rings (SSSR count). The summed E-state index contributed by atoms with van der Waals surface area (Å²) in [5.41, 5.74) is 1.69. The Kier molecular flexibility index (Phi) is 3.45. The topological polar surface area (TPSA) is 27.6 Å². The van der Waals surface area contributed by atoms with E-state index in [1.165, 1.54) is 18.4 Å². The number of rotatable bonds is 2. The molecule has 0 radical (unpaired) electrons. The second-order valence-corrected chi connectivity index (χ2v) is 6.61. The first-order valence-electron chi connectivity index (χ1n) is 7.66. The third-order valence-electron chi connectivity index (χ3n) is 4.88. The van der Waals surface area contributed by atoms with E-state index in [1.54, 1.807) is 0 Å². The molecule has 1 aromatic rings. The van der Waals surface area contributed by atoms with Crippen LogP contribution in [0.1, 0.15) is 32.3 Å². The fourth-order valence-corrected chi connectivity index (χ4v) is 3.20. The summed E-state index contributed by atoms with van der Waals surface area (Å²) in [6.07, 6.45) is 2.47. The third kappa shape index (κ3) is 2.54. The molecule has 1 saturated heterocycles. The molecule has 3 atom stereocenters. The second kappa shape index (κ2) is 5.12. The van der Waals surface area contributed by atoms with E-state index in [0.29, 0.717) is 6.04 Å². The number of hydrogen-bond donors (Lipinski definition) is 1. The quantitative estimate of drug-likeness (QED) is 0.661. The first kappa shape index (κ1) is 13.5. The molecule has 20 heavy (non-hydrogen) atoms. The second-order valence-electron chi connectivity index (χ2n) is 6.61. The van der Waals surface area contributed by atoms with Crippen LogP contribution in [0.2, 0.25) is 0 Å². The summed E-state index contributed by atoms with van der Waals surface area (Å²) in [7, 11) is 1.90. The maximum atomic E-state index is 4.48. The van der Waals surface area contributed by atoms with Crippen LogP contribution >= 0.6 is 0 Å². The molecule has 1 heterocycles. The molecule has 3 unspecified atom stereocenters. The Labute approximate surface area is 122 Å². The average Bonchev–Trinajstić information content (AvgIpc) is 3.01. The molecule has 2 aliphatic rings. The van der Waals surface area contributed by atoms with Gasteiger partial charge in [-0.25, -0.2) is 0 Å². The summed E-state index contributed by atoms with van der Waals surface area (Å²) in [4.78, 5) is 6.89. The van der Waals surface area contributed by atoms with Gasteiger partial charge in [0, 0.05) is 31.6 Å². The Morgan fingerprint density at radius 3 is 2.65 bits per heavy atom. The molecule has 1 aliphatic heterocycles. The van der Waals surface area contributed by atoms with E-state index < -0.39 is 0 Å². The summed E-state index contributed by atoms with van der Waals surface area (Å²) in [6.45, 7) is 6.81. The molecule has 0 bridgehead atoms. The maximum Gasteiger partial charge on any atom is 0.193 e. The lowest BCUT2D eigenvalue weighted by Crippen LogP contribution is -2.42. The molecule has 3 nitrogen and oxygen atoms in total. The predicted octanol–water partition coefficient (Wildman–Crippen LogP) is 2.63. The highest BCUT2D eigenvalue weighted by Crippen LogP contribution is 2.35. The van der Waals surface area contributed by atoms with Gasteiger partial charge in [0.05, 0.1) is 0 Å². The Morgan fingerprint density at radius 2 is 2.05 bits per heavy atom. The van der Waals surface area contributed by atoms with Crippen molar-refractivity contribution in [2.24, 2.45) is 10.9 Å². The van der Waals surface area contributed by atoms with Gasteiger partial charge < -0.3 is 10.2 Å². The highest BCUT2D eigenvalue weighted by Gasteiger charge is 2.39. The van der Waals surface area contributed by atoms with Crippen LogP contribution in [0.3, 0.4) is 0 Å². The smallest absolute Gasteiger partial charge is 0.193 e. The van der Waals surface area contributed by atoms with Crippen molar-refractivity contribution < 1.29 is 0 Å². The lowest BCUT2D eigenvalue weighted by Gasteiger charge is -2.27. The van der Waals surface area contributed by atoms with Crippen LogP contribution < -0.4 is 5.32 Å². The number of hydrogen-bond acceptors (Lipinski definition) is 1. The predicted molar refractivity (Wildman–Crippen MR) is 84.0 cm³/mol. The minimum Gasteiger partial charge on any atom is -0.353 e. The summed E-state index contributed by atoms with van der Waals surface area (Å²) >= 11 is 0. The van der Waals surface area contributed by atoms with Crippen LogP contribution in [0, 0.1) is 5.92 Å². The molecule has 1 saturated carbocycles. The van der Waals surface area contributed by atoms with Crippen LogP contribution in [0.15, 0.2) is 35.3 Å². The van der Waals surface area contributed by atoms with Crippen molar-refractivity contribution in [1.29, 1.82) is 0 Å². The van der Waals surface area contributed by atoms with Gasteiger partial charge in [0.25, 0.3) is 0 Å². The molecule has 1 aromatic carbocycles. The van der Waals surface area contributed by atoms with Crippen molar-refractivity contribution in [3.63, 3.8) is 0 Å². The van der Waals surface area contributed by atoms with Crippen LogP contribution in [0.25, 0.3) is 0 Å². The first-order chi connectivity index (χ1) is 9.62. The summed E-state index contributed by atoms with van der Waals surface area (Å²) < 4.78 is 0. The van der Waals surface area contributed by atoms with Crippen molar-refractivity contribution in [3.05, 3.63) is 35.9 Å². The molecule has 0 aromatic heterocycles. The van der Waals surface area contributed by atoms with Crippen molar-refractivity contribution in [2.75, 3.05) is 20.1 Å². The largest absolute Gasteiger partial charge is 0.353 e. The minimum atomic E-state index is 0.244. The summed E-state index contributed by atoms with van der Waals surface area (Å²) in [6, 6.07) is 11.5. The minimum absolute atomic E-state index is 0.244. The van der Waals surface area contributed by atoms with Gasteiger partial charge in [0.15, 0.2) is 5.96 Å². The SMILES string of the molecule is CN=C(NC1CC1C)N1CCC(C)(c2ccccc2)C1. The van der Waals surface area contributed by atoms with Gasteiger partial charge >= 0.3 is 0 Å². The number of guanidine groups is 1. The lowest BCUT2D eigenvalue weighted by molar-refractivity contribution is 0.437. The van der Waals surface area contributed by atoms with Gasteiger partial charge in [-0.1, -0.05) is 44.2 Å². The normalized spacial score (nSPS) is 33.4. The van der Waals surface area contributed by atoms with Crippen molar-refractivity contribution in [3.8, 4) is 0 Å². The summed E-state index contributed by atoms with van der Waals surface area (Å²) in [5.74, 6) is 1.88. The van der Waals surface area contributed by atoms with E-state index in [1.807, 2.05) is 7.05 Å². The summed E-state index contributed by atoms with van der Waals surface area (Å²) in [5, 5.41) is 3.60. The van der Waals surface area contributed by atoms with Crippen LogP contribution in [0.4, 0.5) is 0 Å². The molecule has 0 spiro atoms. The van der Waals surface area contributed by atoms with Crippen LogP contribution in [-0.2, 0) is 5.41 Å². The first-order valence-corrected chi connectivity index (χ1v) is 7.66. The number of nitrogens with zero attached hydrogens (tertiary/aromatic N) is 2. The van der Waals surface area contributed by atoms with Crippen molar-refractivity contribution in [2.45, 2.75) is 38.1 Å². The monoisotopic (exact) mass is 271 g/mol. The van der Waals surface area contributed by atoms with Crippen LogP contribution in [0.5, 0.6) is 0 Å². The van der Waals surface area contributed by atoms with E-state index in [0.717, 1.165) is 25.0 Å². The molecule has 0 amide bonds. The highest BCUT2D eigenvalue weighted by atomic mass is 15.3. The van der Waals surface area contributed by atoms with Crippen LogP contribution in [-0.4, -0.2) is 37.0 Å². The lowest BCUT2D eigenvalue weighted by atomic mass is 9.82. The average molecular weight is 271 g/mol. The van der Waals surface area contributed by atoms with Gasteiger partial charge in [-0.3, -0.25) is 4.99 Å². The third-order valence-corrected chi connectivity index (χ3v) is 4.88. The van der Waals surface area contributed by atoms with Gasteiger partial charge in [-0.2, -0.15) is 0 Å². The highest BCUT2D eigenvalue weighted by molar-refractivity contribution is 5.81. The van der Waals surface area contributed by atoms with Gasteiger partial charge in [-0.15, -0.1) is 0 Å². The van der Waals surface area contributed by atoms with E-state index in [9.17, 15) is 0 Å². The number of aliphatic imine (C=N–C) groups is 1. The zero-order valence-corrected chi connectivity index (χ0v) is 12.8. The Morgan fingerprint density at radius 1 is 1.35 bits per heavy atom. The number of benzene rings is 1. The van der Waals surface area contributed by atoms with E-state index in [-0.39, 0.29) is 5.41 Å². The zero-order valence-electron chi connectivity index (χ0n) is 12.8. The van der Waals surface area contributed by atoms with E-state index >= 15 is 0 Å². The molecular weight excluding hydrogens is 246 g/mol.